The quantitative estimate of drug-likeness (QED) is 0.251. The lowest BCUT2D eigenvalue weighted by Crippen LogP contribution is -2.48. The number of hydrogen-bond acceptors (Lipinski definition) is 7. The van der Waals surface area contributed by atoms with Gasteiger partial charge in [0.2, 0.25) is 0 Å². The third kappa shape index (κ3) is 6.02. The Balaban J connectivity index is 1.25. The van der Waals surface area contributed by atoms with Gasteiger partial charge in [0.05, 0.1) is 13.2 Å². The van der Waals surface area contributed by atoms with Gasteiger partial charge in [-0.15, -0.1) is 5.10 Å². The van der Waals surface area contributed by atoms with Gasteiger partial charge in [-0.1, -0.05) is 91.0 Å². The first-order valence-electron chi connectivity index (χ1n) is 14.3. The van der Waals surface area contributed by atoms with Crippen LogP contribution in [-0.4, -0.2) is 80.8 Å². The molecule has 9 nitrogen and oxygen atoms in total. The van der Waals surface area contributed by atoms with E-state index in [1.165, 1.54) is 12.7 Å². The second-order valence-corrected chi connectivity index (χ2v) is 10.5. The van der Waals surface area contributed by atoms with E-state index >= 15 is 0 Å². The van der Waals surface area contributed by atoms with E-state index < -0.39 is 6.04 Å². The molecule has 214 valence electrons. The average Bonchev–Trinajstić information content (AvgIpc) is 3.69. The highest BCUT2D eigenvalue weighted by atomic mass is 16.5. The summed E-state index contributed by atoms with van der Waals surface area (Å²) in [6, 6.07) is 27.8. The number of fused-ring (bicyclic) bond motifs is 1. The van der Waals surface area contributed by atoms with E-state index in [1.807, 2.05) is 48.7 Å². The first-order valence-corrected chi connectivity index (χ1v) is 14.3. The molecule has 3 heterocycles. The molecule has 2 atom stereocenters. The van der Waals surface area contributed by atoms with Crippen molar-refractivity contribution in [3.8, 4) is 0 Å². The predicted octanol–water partition coefficient (Wildman–Crippen LogP) is 4.53. The standard InChI is InChI=1S/C33H35N7O2/c1-42-33(41)30(23-27-24-34-29-17-9-8-16-28(27)29)40-32(35-36-37-40)31(26-14-6-3-7-15-26)39-21-19-38(20-22-39)18-10-13-25-11-4-2-5-12-25/h2-17,24,30-31,34H,18-23H2,1H3. The molecule has 6 rings (SSSR count). The summed E-state index contributed by atoms with van der Waals surface area (Å²) < 4.78 is 6.94. The molecule has 0 aliphatic carbocycles. The summed E-state index contributed by atoms with van der Waals surface area (Å²) in [5, 5.41) is 14.0. The number of methoxy groups -OCH3 is 1. The number of esters is 1. The van der Waals surface area contributed by atoms with E-state index in [0.29, 0.717) is 12.2 Å². The third-order valence-corrected chi connectivity index (χ3v) is 7.98. The van der Waals surface area contributed by atoms with Gasteiger partial charge < -0.3 is 9.72 Å². The van der Waals surface area contributed by atoms with Gasteiger partial charge in [0, 0.05) is 56.2 Å². The van der Waals surface area contributed by atoms with E-state index in [-0.39, 0.29) is 12.0 Å². The first-order chi connectivity index (χ1) is 20.7. The number of hydrogen-bond donors (Lipinski definition) is 1. The number of rotatable bonds is 10. The maximum absolute atomic E-state index is 13.2. The smallest absolute Gasteiger partial charge is 0.331 e. The highest BCUT2D eigenvalue weighted by Gasteiger charge is 2.35. The van der Waals surface area contributed by atoms with Crippen LogP contribution in [0.1, 0.15) is 34.6 Å². The summed E-state index contributed by atoms with van der Waals surface area (Å²) >= 11 is 0. The molecule has 1 aliphatic rings. The number of para-hydroxylation sites is 1. The number of H-pyrrole nitrogens is 1. The van der Waals surface area contributed by atoms with Gasteiger partial charge in [0.1, 0.15) is 0 Å². The number of nitrogens with one attached hydrogen (secondary N) is 1. The number of nitrogens with zero attached hydrogens (tertiary/aromatic N) is 6. The van der Waals surface area contributed by atoms with Crippen LogP contribution < -0.4 is 0 Å². The van der Waals surface area contributed by atoms with Gasteiger partial charge in [-0.05, 0) is 33.2 Å². The summed E-state index contributed by atoms with van der Waals surface area (Å²) in [5.74, 6) is 0.254. The van der Waals surface area contributed by atoms with Crippen LogP contribution in [0.2, 0.25) is 0 Å². The Morgan fingerprint density at radius 2 is 1.67 bits per heavy atom. The number of aromatic amines is 1. The molecule has 1 fully saturated rings. The largest absolute Gasteiger partial charge is 0.467 e. The fourth-order valence-corrected chi connectivity index (χ4v) is 5.78. The number of benzene rings is 3. The van der Waals surface area contributed by atoms with Gasteiger partial charge in [-0.3, -0.25) is 9.80 Å². The normalized spacial score (nSPS) is 16.1. The van der Waals surface area contributed by atoms with Gasteiger partial charge in [0.15, 0.2) is 11.9 Å². The molecule has 2 unspecified atom stereocenters. The van der Waals surface area contributed by atoms with Crippen LogP contribution in [0.25, 0.3) is 17.0 Å². The minimum absolute atomic E-state index is 0.210. The second kappa shape index (κ2) is 12.9. The van der Waals surface area contributed by atoms with E-state index in [2.05, 4.69) is 84.9 Å². The van der Waals surface area contributed by atoms with Crippen molar-refractivity contribution in [2.75, 3.05) is 39.8 Å². The summed E-state index contributed by atoms with van der Waals surface area (Å²) in [6.07, 6.45) is 6.75. The van der Waals surface area contributed by atoms with Crippen LogP contribution >= 0.6 is 0 Å². The second-order valence-electron chi connectivity index (χ2n) is 10.5. The topological polar surface area (TPSA) is 92.2 Å². The van der Waals surface area contributed by atoms with Crippen molar-refractivity contribution in [3.63, 3.8) is 0 Å². The van der Waals surface area contributed by atoms with E-state index in [0.717, 1.165) is 54.8 Å². The van der Waals surface area contributed by atoms with E-state index in [4.69, 9.17) is 4.74 Å². The zero-order chi connectivity index (χ0) is 28.7. The molecule has 0 saturated carbocycles. The van der Waals surface area contributed by atoms with Crippen molar-refractivity contribution < 1.29 is 9.53 Å². The Morgan fingerprint density at radius 1 is 0.952 bits per heavy atom. The Labute approximate surface area is 245 Å². The Kier molecular flexibility index (Phi) is 8.48. The molecule has 1 saturated heterocycles. The monoisotopic (exact) mass is 561 g/mol. The predicted molar refractivity (Wildman–Crippen MR) is 163 cm³/mol. The maximum Gasteiger partial charge on any atom is 0.331 e. The van der Waals surface area contributed by atoms with Crippen LogP contribution in [0.4, 0.5) is 0 Å². The molecule has 0 bridgehead atoms. The molecule has 0 radical (unpaired) electrons. The molecule has 3 aromatic carbocycles. The summed E-state index contributed by atoms with van der Waals surface area (Å²) in [6.45, 7) is 4.42. The van der Waals surface area contributed by atoms with Crippen LogP contribution in [-0.2, 0) is 16.0 Å². The minimum Gasteiger partial charge on any atom is -0.467 e. The molecular formula is C33H35N7O2. The van der Waals surface area contributed by atoms with Crippen LogP contribution in [0.15, 0.2) is 97.2 Å². The highest BCUT2D eigenvalue weighted by Crippen LogP contribution is 2.31. The first kappa shape index (κ1) is 27.6. The van der Waals surface area contributed by atoms with E-state index in [9.17, 15) is 4.79 Å². The summed E-state index contributed by atoms with van der Waals surface area (Å²) in [7, 11) is 1.41. The third-order valence-electron chi connectivity index (χ3n) is 7.98. The fraction of sp³-hybridized carbons (Fsp3) is 0.273. The Bertz CT molecular complexity index is 1620. The lowest BCUT2D eigenvalue weighted by Gasteiger charge is -2.38. The minimum atomic E-state index is -0.713. The average molecular weight is 562 g/mol. The Morgan fingerprint density at radius 3 is 2.43 bits per heavy atom. The molecular weight excluding hydrogens is 526 g/mol. The zero-order valence-corrected chi connectivity index (χ0v) is 23.7. The van der Waals surface area contributed by atoms with E-state index in [1.54, 1.807) is 4.68 Å². The number of ether oxygens (including phenoxy) is 1. The van der Waals surface area contributed by atoms with Crippen LogP contribution in [0.3, 0.4) is 0 Å². The lowest BCUT2D eigenvalue weighted by molar-refractivity contribution is -0.145. The molecule has 0 spiro atoms. The Hall–Kier alpha value is -4.60. The fourth-order valence-electron chi connectivity index (χ4n) is 5.78. The van der Waals surface area contributed by atoms with Crippen LogP contribution in [0.5, 0.6) is 0 Å². The molecule has 5 aromatic rings. The number of aromatic nitrogens is 5. The van der Waals surface area contributed by atoms with Crippen LogP contribution in [0, 0.1) is 0 Å². The molecule has 0 amide bonds. The van der Waals surface area contributed by atoms with Gasteiger partial charge >= 0.3 is 5.97 Å². The lowest BCUT2D eigenvalue weighted by atomic mass is 10.0. The summed E-state index contributed by atoms with van der Waals surface area (Å²) in [5.41, 5.74) is 4.32. The highest BCUT2D eigenvalue weighted by molar-refractivity contribution is 5.84. The van der Waals surface area contributed by atoms with Gasteiger partial charge in [-0.2, -0.15) is 0 Å². The zero-order valence-electron chi connectivity index (χ0n) is 23.7. The molecule has 2 aromatic heterocycles. The van der Waals surface area contributed by atoms with Crippen molar-refractivity contribution in [1.82, 2.24) is 35.0 Å². The van der Waals surface area contributed by atoms with Crippen molar-refractivity contribution in [1.29, 1.82) is 0 Å². The summed E-state index contributed by atoms with van der Waals surface area (Å²) in [4.78, 5) is 21.4. The number of tetrazole rings is 1. The SMILES string of the molecule is COC(=O)C(Cc1c[nH]c2ccccc12)n1nnnc1C(c1ccccc1)N1CCN(CC=Cc2ccccc2)CC1. The molecule has 1 N–H and O–H groups in total. The van der Waals surface area contributed by atoms with Gasteiger partial charge in [0.25, 0.3) is 0 Å². The number of carbonyl (C=O) groups excluding carboxylic acids is 1. The van der Waals surface area contributed by atoms with Crippen molar-refractivity contribution in [2.24, 2.45) is 0 Å². The van der Waals surface area contributed by atoms with Crippen molar-refractivity contribution in [3.05, 3.63) is 120 Å². The molecule has 9 heteroatoms. The molecule has 42 heavy (non-hydrogen) atoms. The maximum atomic E-state index is 13.2. The van der Waals surface area contributed by atoms with Crippen molar-refractivity contribution in [2.45, 2.75) is 18.5 Å². The molecule has 1 aliphatic heterocycles. The number of carbonyl (C=O) groups is 1. The van der Waals surface area contributed by atoms with Crippen molar-refractivity contribution >= 4 is 22.9 Å². The van der Waals surface area contributed by atoms with Gasteiger partial charge in [-0.25, -0.2) is 9.48 Å². The number of piperazine rings is 1.